The number of phenolic OH excluding ortho intramolecular Hbond substituents is 1. The number of carbonyl (C=O) groups is 1. The lowest BCUT2D eigenvalue weighted by molar-refractivity contribution is -0.353. The van der Waals surface area contributed by atoms with Crippen molar-refractivity contribution in [2.75, 3.05) is 7.11 Å². The largest absolute Gasteiger partial charge is 0.507 e. The van der Waals surface area contributed by atoms with Gasteiger partial charge in [0.1, 0.15) is 42.0 Å². The topological polar surface area (TPSA) is 215 Å². The fourth-order valence-corrected chi connectivity index (χ4v) is 6.26. The Morgan fingerprint density at radius 3 is 2.22 bits per heavy atom. The van der Waals surface area contributed by atoms with Crippen LogP contribution in [0.5, 0.6) is 11.5 Å². The van der Waals surface area contributed by atoms with Crippen LogP contribution in [0.15, 0.2) is 45.6 Å². The first-order valence-corrected chi connectivity index (χ1v) is 14.6. The van der Waals surface area contributed by atoms with Gasteiger partial charge in [0.25, 0.3) is 0 Å². The third-order valence-corrected chi connectivity index (χ3v) is 8.74. The number of hydrogen-bond acceptors (Lipinski definition) is 13. The molecule has 4 aromatic rings. The summed E-state index contributed by atoms with van der Waals surface area (Å²) in [4.78, 5) is 25.5. The molecule has 2 aliphatic rings. The van der Waals surface area contributed by atoms with Crippen molar-refractivity contribution >= 4 is 38.5 Å². The van der Waals surface area contributed by atoms with Crippen LogP contribution >= 0.6 is 0 Å². The molecule has 0 spiro atoms. The summed E-state index contributed by atoms with van der Waals surface area (Å²) in [5.74, 6) is -1.56. The van der Waals surface area contributed by atoms with Gasteiger partial charge in [0.15, 0.2) is 18.0 Å². The van der Waals surface area contributed by atoms with E-state index >= 15 is 0 Å². The standard InChI is InChI=1S/C32H34O14/c1-11-8-9-15(29(38)39)20-16-10-17(33)14-6-5-7-18(21(14)26(16)45-30(40)19(11)20)44-32-28(24(36)22(34)12(2)43-32)46-31-25(37)27(41-4)23(35)13(3)42-31/h5-10,12-13,22-25,27-28,31-37H,1-4H3,(H,38,39)/t12-,13-,22+,23+,24+,25+,27+,28-,31+,32-/m0/s1. The average molecular weight is 643 g/mol. The van der Waals surface area contributed by atoms with Gasteiger partial charge in [0, 0.05) is 23.3 Å². The van der Waals surface area contributed by atoms with Crippen LogP contribution in [0.25, 0.3) is 32.5 Å². The van der Waals surface area contributed by atoms with E-state index in [0.717, 1.165) is 0 Å². The van der Waals surface area contributed by atoms with Crippen LogP contribution in [-0.4, -0.2) is 105 Å². The molecule has 0 saturated carbocycles. The van der Waals surface area contributed by atoms with Gasteiger partial charge in [0.2, 0.25) is 6.29 Å². The maximum atomic E-state index is 13.3. The van der Waals surface area contributed by atoms with E-state index in [1.54, 1.807) is 19.9 Å². The van der Waals surface area contributed by atoms with Crippen molar-refractivity contribution < 1.29 is 63.5 Å². The number of fused-ring (bicyclic) bond motifs is 5. The number of aromatic hydroxyl groups is 1. The first-order valence-electron chi connectivity index (χ1n) is 14.6. The van der Waals surface area contributed by atoms with Crippen LogP contribution in [0.3, 0.4) is 0 Å². The summed E-state index contributed by atoms with van der Waals surface area (Å²) >= 11 is 0. The van der Waals surface area contributed by atoms with Crippen LogP contribution < -0.4 is 10.4 Å². The molecule has 3 aromatic carbocycles. The number of aryl methyl sites for hydroxylation is 1. The van der Waals surface area contributed by atoms with Gasteiger partial charge in [-0.05, 0) is 44.5 Å². The van der Waals surface area contributed by atoms with Gasteiger partial charge in [-0.3, -0.25) is 0 Å². The molecule has 0 unspecified atom stereocenters. The third kappa shape index (κ3) is 5.16. The third-order valence-electron chi connectivity index (χ3n) is 8.74. The van der Waals surface area contributed by atoms with Crippen molar-refractivity contribution in [2.24, 2.45) is 0 Å². The molecule has 246 valence electrons. The Balaban J connectivity index is 1.49. The number of carboxylic acid groups (broad SMARTS) is 1. The number of benzene rings is 3. The Bertz CT molecular complexity index is 1870. The molecule has 14 heteroatoms. The summed E-state index contributed by atoms with van der Waals surface area (Å²) < 4.78 is 34.8. The van der Waals surface area contributed by atoms with Gasteiger partial charge in [-0.1, -0.05) is 18.2 Å². The van der Waals surface area contributed by atoms with E-state index in [0.29, 0.717) is 5.56 Å². The van der Waals surface area contributed by atoms with E-state index in [2.05, 4.69) is 0 Å². The Morgan fingerprint density at radius 1 is 0.826 bits per heavy atom. The first kappa shape index (κ1) is 32.1. The van der Waals surface area contributed by atoms with Gasteiger partial charge < -0.3 is 58.7 Å². The van der Waals surface area contributed by atoms with Crippen molar-refractivity contribution in [3.63, 3.8) is 0 Å². The zero-order valence-electron chi connectivity index (χ0n) is 25.2. The van der Waals surface area contributed by atoms with E-state index in [4.69, 9.17) is 28.1 Å². The molecule has 10 atom stereocenters. The number of aliphatic hydroxyl groups excluding tert-OH is 4. The fourth-order valence-electron chi connectivity index (χ4n) is 6.26. The molecule has 2 fully saturated rings. The predicted octanol–water partition coefficient (Wildman–Crippen LogP) is 1.52. The zero-order chi connectivity index (χ0) is 33.2. The number of aromatic carboxylic acids is 1. The van der Waals surface area contributed by atoms with E-state index < -0.39 is 73.0 Å². The molecule has 0 aliphatic carbocycles. The molecule has 0 radical (unpaired) electrons. The van der Waals surface area contributed by atoms with Gasteiger partial charge >= 0.3 is 11.6 Å². The minimum absolute atomic E-state index is 0.0107. The average Bonchev–Trinajstić information content (AvgIpc) is 3.01. The molecule has 6 N–H and O–H groups in total. The second kappa shape index (κ2) is 12.1. The van der Waals surface area contributed by atoms with Gasteiger partial charge in [0.05, 0.1) is 28.5 Å². The number of methoxy groups -OCH3 is 1. The number of ether oxygens (including phenoxy) is 5. The maximum absolute atomic E-state index is 13.3. The van der Waals surface area contributed by atoms with E-state index in [1.807, 2.05) is 0 Å². The minimum atomic E-state index is -1.62. The van der Waals surface area contributed by atoms with Crippen molar-refractivity contribution in [1.82, 2.24) is 0 Å². The Kier molecular flexibility index (Phi) is 8.41. The van der Waals surface area contributed by atoms with Crippen LogP contribution in [0, 0.1) is 6.92 Å². The number of carboxylic acids is 1. The van der Waals surface area contributed by atoms with Crippen molar-refractivity contribution in [3.8, 4) is 11.5 Å². The Hall–Kier alpha value is -3.86. The van der Waals surface area contributed by atoms with Gasteiger partial charge in [-0.2, -0.15) is 0 Å². The highest BCUT2D eigenvalue weighted by Gasteiger charge is 2.50. The molecule has 1 aromatic heterocycles. The number of phenols is 1. The summed E-state index contributed by atoms with van der Waals surface area (Å²) in [7, 11) is 1.30. The van der Waals surface area contributed by atoms with Crippen molar-refractivity contribution in [3.05, 3.63) is 57.9 Å². The Morgan fingerprint density at radius 2 is 1.52 bits per heavy atom. The lowest BCUT2D eigenvalue weighted by atomic mass is 9.96. The summed E-state index contributed by atoms with van der Waals surface area (Å²) in [6, 6.07) is 8.74. The SMILES string of the molecule is CO[C@H]1[C@@H](O)[C@@H](O[C@@H]2[C@H](Oc3cccc4c(O)cc5c(oc(=O)c6c(C)ccc(C(=O)O)c65)c34)O[C@@H](C)[C@@H](O)[C@H]2O)O[C@@H](C)[C@H]1O. The number of aliphatic hydroxyl groups is 4. The molecule has 0 amide bonds. The van der Waals surface area contributed by atoms with Gasteiger partial charge in [-0.25, -0.2) is 9.59 Å². The second-order valence-corrected chi connectivity index (χ2v) is 11.6. The zero-order valence-corrected chi connectivity index (χ0v) is 25.2. The highest BCUT2D eigenvalue weighted by Crippen LogP contribution is 2.42. The molecule has 0 bridgehead atoms. The molecule has 46 heavy (non-hydrogen) atoms. The predicted molar refractivity (Wildman–Crippen MR) is 160 cm³/mol. The lowest BCUT2D eigenvalue weighted by Gasteiger charge is -2.46. The highest BCUT2D eigenvalue weighted by atomic mass is 16.8. The molecule has 2 saturated heterocycles. The second-order valence-electron chi connectivity index (χ2n) is 11.6. The molecule has 2 aliphatic heterocycles. The number of hydrogen-bond donors (Lipinski definition) is 6. The quantitative estimate of drug-likeness (QED) is 0.130. The van der Waals surface area contributed by atoms with E-state index in [-0.39, 0.29) is 49.6 Å². The van der Waals surface area contributed by atoms with Crippen LogP contribution in [-0.2, 0) is 18.9 Å². The molecule has 6 rings (SSSR count). The first-order chi connectivity index (χ1) is 21.8. The van der Waals surface area contributed by atoms with E-state index in [9.17, 15) is 40.2 Å². The molecule has 3 heterocycles. The summed E-state index contributed by atoms with van der Waals surface area (Å²) in [5, 5.41) is 64.6. The summed E-state index contributed by atoms with van der Waals surface area (Å²) in [6.45, 7) is 4.67. The maximum Gasteiger partial charge on any atom is 0.344 e. The molecular formula is C32H34O14. The Labute approximate surface area is 260 Å². The minimum Gasteiger partial charge on any atom is -0.507 e. The van der Waals surface area contributed by atoms with Crippen LogP contribution in [0.1, 0.15) is 29.8 Å². The van der Waals surface area contributed by atoms with E-state index in [1.165, 1.54) is 44.4 Å². The van der Waals surface area contributed by atoms with Crippen LogP contribution in [0.2, 0.25) is 0 Å². The lowest BCUT2D eigenvalue weighted by Crippen LogP contribution is -2.64. The normalized spacial score (nSPS) is 31.8. The fraction of sp³-hybridized carbons (Fsp3) is 0.438. The summed E-state index contributed by atoms with van der Waals surface area (Å²) in [6.07, 6.45) is -13.0. The summed E-state index contributed by atoms with van der Waals surface area (Å²) in [5.41, 5.74) is -0.584. The van der Waals surface area contributed by atoms with Crippen molar-refractivity contribution in [1.29, 1.82) is 0 Å². The van der Waals surface area contributed by atoms with Gasteiger partial charge in [-0.15, -0.1) is 0 Å². The van der Waals surface area contributed by atoms with Crippen molar-refractivity contribution in [2.45, 2.75) is 82.2 Å². The molecule has 14 nitrogen and oxygen atoms in total. The molecular weight excluding hydrogens is 608 g/mol. The smallest absolute Gasteiger partial charge is 0.344 e. The number of rotatable bonds is 6. The van der Waals surface area contributed by atoms with Crippen LogP contribution in [0.4, 0.5) is 0 Å². The monoisotopic (exact) mass is 642 g/mol. The highest BCUT2D eigenvalue weighted by molar-refractivity contribution is 6.21.